The molecule has 0 aromatic carbocycles. The van der Waals surface area contributed by atoms with Crippen LogP contribution in [-0.4, -0.2) is 34.1 Å². The third-order valence-electron chi connectivity index (χ3n) is 4.99. The van der Waals surface area contributed by atoms with Crippen molar-refractivity contribution in [3.8, 4) is 0 Å². The molecule has 0 bridgehead atoms. The maximum atomic E-state index is 10.4. The van der Waals surface area contributed by atoms with Crippen LogP contribution in [0.3, 0.4) is 0 Å². The zero-order valence-electron chi connectivity index (χ0n) is 19.6. The number of carboxylic acids is 1. The largest absolute Gasteiger partial charge is 2.00 e. The van der Waals surface area contributed by atoms with Crippen LogP contribution in [0.5, 0.6) is 0 Å². The molecule has 1 N–H and O–H groups in total. The molecule has 0 aliphatic rings. The predicted octanol–water partition coefficient (Wildman–Crippen LogP) is 7.73. The van der Waals surface area contributed by atoms with Crippen molar-refractivity contribution in [2.45, 2.75) is 135 Å². The molecule has 2 nitrogen and oxygen atoms in total. The molecule has 0 aromatic heterocycles. The molecular formula is C22H46FeMgO2. The van der Waals surface area contributed by atoms with Gasteiger partial charge in [0.05, 0.1) is 0 Å². The minimum absolute atomic E-state index is 0. The van der Waals surface area contributed by atoms with Gasteiger partial charge in [-0.05, 0) is 6.42 Å². The zero-order valence-corrected chi connectivity index (χ0v) is 20.1. The fourth-order valence-corrected chi connectivity index (χ4v) is 3.35. The molecule has 0 fully saturated rings. The van der Waals surface area contributed by atoms with Crippen LogP contribution in [0, 0.1) is 0 Å². The number of hydrogen-bond acceptors (Lipinski definition) is 1. The van der Waals surface area contributed by atoms with Gasteiger partial charge in [0.2, 0.25) is 0 Å². The van der Waals surface area contributed by atoms with Gasteiger partial charge in [0.1, 0.15) is 0 Å². The number of unbranched alkanes of at least 4 members (excludes halogenated alkanes) is 18. The first kappa shape index (κ1) is 31.5. The quantitative estimate of drug-likeness (QED) is 0.161. The van der Waals surface area contributed by atoms with Gasteiger partial charge < -0.3 is 7.96 Å². The van der Waals surface area contributed by atoms with Crippen LogP contribution in [0.2, 0.25) is 0 Å². The van der Waals surface area contributed by atoms with E-state index in [0.717, 1.165) is 12.8 Å². The monoisotopic (exact) mass is 422 g/mol. The second-order valence-corrected chi connectivity index (χ2v) is 7.51. The van der Waals surface area contributed by atoms with E-state index in [1.807, 2.05) is 0 Å². The molecule has 156 valence electrons. The summed E-state index contributed by atoms with van der Waals surface area (Å²) in [4.78, 5) is 10.4. The van der Waals surface area contributed by atoms with Gasteiger partial charge in [0.15, 0.2) is 0 Å². The molecule has 0 aliphatic carbocycles. The first-order valence-electron chi connectivity index (χ1n) is 11.0. The van der Waals surface area contributed by atoms with Crippen LogP contribution in [0.1, 0.15) is 138 Å². The molecule has 0 radical (unpaired) electrons. The molecule has 0 spiro atoms. The molecule has 0 saturated heterocycles. The third kappa shape index (κ3) is 29.5. The number of aliphatic carboxylic acids is 1. The Labute approximate surface area is 193 Å². The van der Waals surface area contributed by atoms with E-state index >= 15 is 0 Å². The van der Waals surface area contributed by atoms with Crippen molar-refractivity contribution in [1.82, 2.24) is 0 Å². The second kappa shape index (κ2) is 28.0. The van der Waals surface area contributed by atoms with Crippen molar-refractivity contribution >= 4 is 29.0 Å². The normalized spacial score (nSPS) is 10.2. The number of carboxylic acid groups (broad SMARTS) is 1. The Morgan fingerprint density at radius 3 is 1.04 bits per heavy atom. The summed E-state index contributed by atoms with van der Waals surface area (Å²) in [5.41, 5.74) is 0. The maximum absolute atomic E-state index is 10.4. The SMILES string of the molecule is CCCCCCCCCCCCCCCCCCCCCC(=O)O.[Fe].[H-].[H-].[Mg+2]. The molecule has 0 heterocycles. The molecule has 0 atom stereocenters. The number of hydrogen-bond donors (Lipinski definition) is 1. The predicted molar refractivity (Wildman–Crippen MR) is 114 cm³/mol. The summed E-state index contributed by atoms with van der Waals surface area (Å²) in [6, 6.07) is 0. The minimum atomic E-state index is -0.651. The van der Waals surface area contributed by atoms with Gasteiger partial charge in [-0.25, -0.2) is 0 Å². The van der Waals surface area contributed by atoms with E-state index in [0.29, 0.717) is 6.42 Å². The average Bonchev–Trinajstić information content (AvgIpc) is 2.56. The molecule has 0 rings (SSSR count). The van der Waals surface area contributed by atoms with E-state index in [1.165, 1.54) is 109 Å². The molecule has 0 saturated carbocycles. The molecule has 0 unspecified atom stereocenters. The topological polar surface area (TPSA) is 37.3 Å². The summed E-state index contributed by atoms with van der Waals surface area (Å²) >= 11 is 0. The van der Waals surface area contributed by atoms with Crippen molar-refractivity contribution < 1.29 is 29.8 Å². The van der Waals surface area contributed by atoms with Gasteiger partial charge >= 0.3 is 29.0 Å². The standard InChI is InChI=1S/C22H44O2.Fe.Mg.2H/c1-2-3-4-5-6-7-8-9-10-11-12-13-14-15-16-17-18-19-20-21-22(23)24;;;;/h2-21H2,1H3,(H,23,24);;;;/q;;+2;2*-1. The summed E-state index contributed by atoms with van der Waals surface area (Å²) in [7, 11) is 0. The van der Waals surface area contributed by atoms with Crippen LogP contribution < -0.4 is 0 Å². The number of rotatable bonds is 20. The van der Waals surface area contributed by atoms with Gasteiger partial charge in [-0.1, -0.05) is 122 Å². The fraction of sp³-hybridized carbons (Fsp3) is 0.955. The Kier molecular flexibility index (Phi) is 33.8. The van der Waals surface area contributed by atoms with Crippen LogP contribution >= 0.6 is 0 Å². The molecular weight excluding hydrogens is 376 g/mol. The van der Waals surface area contributed by atoms with Crippen LogP contribution in [0.15, 0.2) is 0 Å². The van der Waals surface area contributed by atoms with E-state index in [9.17, 15) is 4.79 Å². The Morgan fingerprint density at radius 2 is 0.808 bits per heavy atom. The molecule has 0 aromatic rings. The average molecular weight is 423 g/mol. The first-order chi connectivity index (χ1) is 11.8. The Bertz CT molecular complexity index is 273. The first-order valence-corrected chi connectivity index (χ1v) is 11.0. The van der Waals surface area contributed by atoms with E-state index < -0.39 is 5.97 Å². The fourth-order valence-electron chi connectivity index (χ4n) is 3.35. The Balaban J connectivity index is -0.000000441. The summed E-state index contributed by atoms with van der Waals surface area (Å²) in [6.45, 7) is 2.28. The van der Waals surface area contributed by atoms with Gasteiger partial charge in [0.25, 0.3) is 0 Å². The molecule has 0 amide bonds. The second-order valence-electron chi connectivity index (χ2n) is 7.51. The number of carbonyl (C=O) groups is 1. The maximum Gasteiger partial charge on any atom is 2.00 e. The van der Waals surface area contributed by atoms with Crippen molar-refractivity contribution in [1.29, 1.82) is 0 Å². The van der Waals surface area contributed by atoms with E-state index in [-0.39, 0.29) is 43.0 Å². The van der Waals surface area contributed by atoms with Crippen LogP contribution in [-0.2, 0) is 21.9 Å². The summed E-state index contributed by atoms with van der Waals surface area (Å²) < 4.78 is 0. The van der Waals surface area contributed by atoms with Gasteiger partial charge in [-0.3, -0.25) is 4.79 Å². The molecule has 4 heteroatoms. The Hall–Kier alpha value is 0.756. The van der Waals surface area contributed by atoms with Gasteiger partial charge in [-0.2, -0.15) is 0 Å². The van der Waals surface area contributed by atoms with Crippen molar-refractivity contribution in [3.63, 3.8) is 0 Å². The zero-order chi connectivity index (χ0) is 17.7. The summed E-state index contributed by atoms with van der Waals surface area (Å²) in [5, 5.41) is 8.56. The smallest absolute Gasteiger partial charge is 1.00 e. The van der Waals surface area contributed by atoms with E-state index in [1.54, 1.807) is 0 Å². The summed E-state index contributed by atoms with van der Waals surface area (Å²) in [5.74, 6) is -0.651. The summed E-state index contributed by atoms with van der Waals surface area (Å²) in [6.07, 6.45) is 26.1. The van der Waals surface area contributed by atoms with Gasteiger partial charge in [0, 0.05) is 23.5 Å². The Morgan fingerprint density at radius 1 is 0.577 bits per heavy atom. The van der Waals surface area contributed by atoms with Crippen LogP contribution in [0.25, 0.3) is 0 Å². The third-order valence-corrected chi connectivity index (χ3v) is 4.99. The van der Waals surface area contributed by atoms with E-state index in [2.05, 4.69) is 6.92 Å². The van der Waals surface area contributed by atoms with Crippen LogP contribution in [0.4, 0.5) is 0 Å². The van der Waals surface area contributed by atoms with Crippen molar-refractivity contribution in [2.75, 3.05) is 0 Å². The van der Waals surface area contributed by atoms with Crippen molar-refractivity contribution in [2.24, 2.45) is 0 Å². The molecule has 0 aliphatic heterocycles. The van der Waals surface area contributed by atoms with Crippen molar-refractivity contribution in [3.05, 3.63) is 0 Å². The van der Waals surface area contributed by atoms with E-state index in [4.69, 9.17) is 5.11 Å². The minimum Gasteiger partial charge on any atom is -1.00 e. The molecule has 26 heavy (non-hydrogen) atoms. The van der Waals surface area contributed by atoms with Gasteiger partial charge in [-0.15, -0.1) is 0 Å².